The highest BCUT2D eigenvalue weighted by molar-refractivity contribution is 9.11. The second-order valence-electron chi connectivity index (χ2n) is 9.50. The number of benzene rings is 1. The molecule has 1 aromatic rings. The molecule has 0 saturated carbocycles. The average Bonchev–Trinajstić information content (AvgIpc) is 3.22. The summed E-state index contributed by atoms with van der Waals surface area (Å²) in [4.78, 5) is 40.5. The molecule has 2 aliphatic rings. The molecular weight excluding hydrogens is 518 g/mol. The number of halogens is 1. The molecule has 2 amide bonds. The van der Waals surface area contributed by atoms with E-state index in [2.05, 4.69) is 15.9 Å². The number of carbonyl (C=O) groups is 3. The van der Waals surface area contributed by atoms with Crippen LogP contribution in [0.15, 0.2) is 40.9 Å². The van der Waals surface area contributed by atoms with E-state index >= 15 is 0 Å². The highest BCUT2D eigenvalue weighted by Gasteiger charge is 2.50. The predicted molar refractivity (Wildman–Crippen MR) is 132 cm³/mol. The fourth-order valence-electron chi connectivity index (χ4n) is 4.48. The summed E-state index contributed by atoms with van der Waals surface area (Å²) in [5.74, 6) is -3.84. The summed E-state index contributed by atoms with van der Waals surface area (Å²) in [5.41, 5.74) is 0.803. The van der Waals surface area contributed by atoms with Crippen molar-refractivity contribution in [1.82, 2.24) is 4.90 Å². The van der Waals surface area contributed by atoms with Crippen LogP contribution in [0, 0.1) is 11.8 Å². The van der Waals surface area contributed by atoms with Crippen molar-refractivity contribution >= 4 is 33.7 Å². The van der Waals surface area contributed by atoms with Crippen LogP contribution in [0.5, 0.6) is 0 Å². The van der Waals surface area contributed by atoms with E-state index < -0.39 is 41.6 Å². The highest BCUT2D eigenvalue weighted by atomic mass is 79.9. The molecule has 9 heteroatoms. The Labute approximate surface area is 214 Å². The molecule has 35 heavy (non-hydrogen) atoms. The summed E-state index contributed by atoms with van der Waals surface area (Å²) < 4.78 is 11.4. The van der Waals surface area contributed by atoms with Crippen LogP contribution >= 0.6 is 15.9 Å². The Morgan fingerprint density at radius 3 is 2.51 bits per heavy atom. The molecule has 2 N–H and O–H groups in total. The minimum atomic E-state index is -1.77. The number of cyclic esters (lactones) is 1. The van der Waals surface area contributed by atoms with Crippen LogP contribution in [0.2, 0.25) is 0 Å². The average molecular weight is 552 g/mol. The zero-order valence-corrected chi connectivity index (χ0v) is 21.8. The molecule has 0 aliphatic carbocycles. The van der Waals surface area contributed by atoms with Gasteiger partial charge in [-0.3, -0.25) is 9.59 Å². The van der Waals surface area contributed by atoms with Gasteiger partial charge in [0.1, 0.15) is 12.7 Å². The summed E-state index contributed by atoms with van der Waals surface area (Å²) in [6.07, 6.45) is 2.49. The Balaban J connectivity index is 1.89. The molecule has 0 bridgehead atoms. The topological polar surface area (TPSA) is 113 Å². The summed E-state index contributed by atoms with van der Waals surface area (Å²) in [6.45, 7) is 4.01. The minimum Gasteiger partial charge on any atom is -0.447 e. The third-order valence-corrected chi connectivity index (χ3v) is 7.41. The first-order chi connectivity index (χ1) is 16.7. The van der Waals surface area contributed by atoms with E-state index in [-0.39, 0.29) is 36.5 Å². The van der Waals surface area contributed by atoms with Gasteiger partial charge in [-0.05, 0) is 52.7 Å². The molecule has 0 radical (unpaired) electrons. The molecule has 2 heterocycles. The number of rotatable bonds is 11. The number of unbranched alkanes of at least 4 members (excludes halogenated alkanes) is 3. The number of imide groups is 1. The number of aliphatic hydroxyl groups excluding tert-OH is 1. The first kappa shape index (κ1) is 27.5. The van der Waals surface area contributed by atoms with Gasteiger partial charge in [-0.2, -0.15) is 0 Å². The van der Waals surface area contributed by atoms with Gasteiger partial charge in [-0.1, -0.05) is 57.0 Å². The quantitative estimate of drug-likeness (QED) is 0.403. The van der Waals surface area contributed by atoms with E-state index in [4.69, 9.17) is 14.6 Å². The van der Waals surface area contributed by atoms with Gasteiger partial charge >= 0.3 is 6.09 Å². The van der Waals surface area contributed by atoms with Gasteiger partial charge < -0.3 is 19.7 Å². The first-order valence-corrected chi connectivity index (χ1v) is 12.9. The van der Waals surface area contributed by atoms with Crippen molar-refractivity contribution in [2.24, 2.45) is 11.8 Å². The van der Waals surface area contributed by atoms with Crippen molar-refractivity contribution in [2.45, 2.75) is 70.3 Å². The second-order valence-corrected chi connectivity index (χ2v) is 10.4. The van der Waals surface area contributed by atoms with E-state index in [1.807, 2.05) is 44.2 Å². The molecular formula is C26H34BrNO7. The normalized spacial score (nSPS) is 25.5. The van der Waals surface area contributed by atoms with Gasteiger partial charge in [0, 0.05) is 13.0 Å². The molecule has 4 atom stereocenters. The fourth-order valence-corrected chi connectivity index (χ4v) is 5.00. The molecule has 8 nitrogen and oxygen atoms in total. The minimum absolute atomic E-state index is 0.0318. The lowest BCUT2D eigenvalue weighted by molar-refractivity contribution is -0.218. The van der Waals surface area contributed by atoms with Crippen LogP contribution < -0.4 is 0 Å². The highest BCUT2D eigenvalue weighted by Crippen LogP contribution is 2.38. The van der Waals surface area contributed by atoms with Gasteiger partial charge in [0.05, 0.1) is 16.4 Å². The summed E-state index contributed by atoms with van der Waals surface area (Å²) in [6, 6.07) is 8.76. The lowest BCUT2D eigenvalue weighted by Crippen LogP contribution is -2.54. The lowest BCUT2D eigenvalue weighted by atomic mass is 9.87. The standard InChI is InChI=1S/C26H34BrNO7/c1-17(2)20-16-34-25(32)28(20)24(31)19(14-18-10-6-5-7-11-18)23-21(30)15-22(27)26(33,35-23)12-8-3-4-9-13-29/h5-7,10-11,15,17,19-20,23,29,33H,3-4,8-9,12-14,16H2,1-2H3/t19-,20-,23+,26-/m0/s1. The maximum atomic E-state index is 13.8. The molecule has 3 rings (SSSR count). The molecule has 1 fully saturated rings. The molecule has 0 aromatic heterocycles. The first-order valence-electron chi connectivity index (χ1n) is 12.1. The Morgan fingerprint density at radius 2 is 1.86 bits per heavy atom. The van der Waals surface area contributed by atoms with Gasteiger partial charge in [-0.15, -0.1) is 0 Å². The summed E-state index contributed by atoms with van der Waals surface area (Å²) in [7, 11) is 0. The molecule has 0 spiro atoms. The number of nitrogens with zero attached hydrogens (tertiary/aromatic N) is 1. The Kier molecular flexibility index (Phi) is 9.63. The van der Waals surface area contributed by atoms with Crippen molar-refractivity contribution in [3.05, 3.63) is 46.5 Å². The third kappa shape index (κ3) is 6.58. The van der Waals surface area contributed by atoms with Crippen LogP contribution in [0.25, 0.3) is 0 Å². The Bertz CT molecular complexity index is 935. The van der Waals surface area contributed by atoms with E-state index in [9.17, 15) is 19.5 Å². The van der Waals surface area contributed by atoms with Crippen molar-refractivity contribution < 1.29 is 34.1 Å². The number of hydrogen-bond acceptors (Lipinski definition) is 7. The number of carbonyl (C=O) groups excluding carboxylic acids is 3. The van der Waals surface area contributed by atoms with Gasteiger partial charge in [0.25, 0.3) is 0 Å². The molecule has 1 aromatic carbocycles. The number of amides is 2. The van der Waals surface area contributed by atoms with Crippen molar-refractivity contribution in [3.8, 4) is 0 Å². The van der Waals surface area contributed by atoms with Gasteiger partial charge in [0.15, 0.2) is 11.6 Å². The fraction of sp³-hybridized carbons (Fsp3) is 0.577. The van der Waals surface area contributed by atoms with Crippen LogP contribution in [-0.4, -0.2) is 64.0 Å². The Hall–Kier alpha value is -2.07. The third-order valence-electron chi connectivity index (χ3n) is 6.56. The van der Waals surface area contributed by atoms with Crippen LogP contribution in [0.4, 0.5) is 4.79 Å². The van der Waals surface area contributed by atoms with E-state index in [0.29, 0.717) is 12.8 Å². The van der Waals surface area contributed by atoms with Crippen molar-refractivity contribution in [2.75, 3.05) is 13.2 Å². The van der Waals surface area contributed by atoms with Crippen LogP contribution in [0.1, 0.15) is 51.5 Å². The number of aliphatic hydroxyl groups is 2. The van der Waals surface area contributed by atoms with E-state index in [1.54, 1.807) is 0 Å². The predicted octanol–water partition coefficient (Wildman–Crippen LogP) is 3.73. The lowest BCUT2D eigenvalue weighted by Gasteiger charge is -2.39. The zero-order chi connectivity index (χ0) is 25.6. The van der Waals surface area contributed by atoms with Crippen LogP contribution in [0.3, 0.4) is 0 Å². The Morgan fingerprint density at radius 1 is 1.17 bits per heavy atom. The maximum absolute atomic E-state index is 13.8. The molecule has 1 saturated heterocycles. The number of ketones is 1. The molecule has 2 aliphatic heterocycles. The maximum Gasteiger partial charge on any atom is 0.416 e. The summed E-state index contributed by atoms with van der Waals surface area (Å²) >= 11 is 3.27. The smallest absolute Gasteiger partial charge is 0.416 e. The largest absolute Gasteiger partial charge is 0.447 e. The zero-order valence-electron chi connectivity index (χ0n) is 20.2. The molecule has 192 valence electrons. The van der Waals surface area contributed by atoms with Gasteiger partial charge in [0.2, 0.25) is 5.91 Å². The van der Waals surface area contributed by atoms with Crippen molar-refractivity contribution in [1.29, 1.82) is 0 Å². The molecule has 0 unspecified atom stereocenters. The van der Waals surface area contributed by atoms with Gasteiger partial charge in [-0.25, -0.2) is 9.69 Å². The number of hydrogen-bond donors (Lipinski definition) is 2. The van der Waals surface area contributed by atoms with Crippen LogP contribution in [-0.2, 0) is 25.5 Å². The number of ether oxygens (including phenoxy) is 2. The van der Waals surface area contributed by atoms with E-state index in [0.717, 1.165) is 23.3 Å². The summed E-state index contributed by atoms with van der Waals surface area (Å²) in [5, 5.41) is 20.3. The SMILES string of the molecule is CC(C)[C@@H]1COC(=O)N1C(=O)[C@@H](Cc1ccccc1)[C@H]1O[C@@](O)(CCCCCCO)C(Br)=CC1=O. The van der Waals surface area contributed by atoms with E-state index in [1.165, 1.54) is 6.08 Å². The second kappa shape index (κ2) is 12.3. The monoisotopic (exact) mass is 551 g/mol. The van der Waals surface area contributed by atoms with Crippen molar-refractivity contribution in [3.63, 3.8) is 0 Å².